The number of hydrogen-bond acceptors (Lipinski definition) is 9. The minimum absolute atomic E-state index is 0.309. The van der Waals surface area contributed by atoms with Crippen molar-refractivity contribution in [2.24, 2.45) is 10.6 Å². The monoisotopic (exact) mass is 539 g/mol. The molecule has 1 aliphatic heterocycles. The van der Waals surface area contributed by atoms with Crippen molar-refractivity contribution < 1.29 is 19.5 Å². The van der Waals surface area contributed by atoms with Gasteiger partial charge in [-0.1, -0.05) is 30.3 Å². The minimum atomic E-state index is -0.725. The van der Waals surface area contributed by atoms with E-state index in [2.05, 4.69) is 30.7 Å². The van der Waals surface area contributed by atoms with E-state index in [1.165, 1.54) is 18.4 Å². The highest BCUT2D eigenvalue weighted by atomic mass is 32.1. The Kier molecular flexibility index (Phi) is 8.40. The molecule has 0 spiro atoms. The second-order valence-electron chi connectivity index (χ2n) is 9.15. The molecule has 1 aromatic carbocycles. The molecule has 0 radical (unpaired) electrons. The summed E-state index contributed by atoms with van der Waals surface area (Å²) >= 11 is 1.38. The first-order valence-electron chi connectivity index (χ1n) is 12.7. The number of oxime groups is 1. The molecule has 2 aromatic heterocycles. The summed E-state index contributed by atoms with van der Waals surface area (Å²) in [5, 5.41) is 19.9. The van der Waals surface area contributed by atoms with Crippen LogP contribution in [0.4, 0.5) is 15.9 Å². The SMILES string of the molecule is CCNC(=O)Nc1nc2cc(-c3cnc(N4CCC(CC)(C(=O)O)CC4)nc3)cc(C(CC)=NOC)c2s1. The van der Waals surface area contributed by atoms with Crippen LogP contribution >= 0.6 is 11.3 Å². The van der Waals surface area contributed by atoms with Gasteiger partial charge in [0.05, 0.1) is 21.3 Å². The summed E-state index contributed by atoms with van der Waals surface area (Å²) in [4.78, 5) is 44.8. The molecule has 0 atom stereocenters. The summed E-state index contributed by atoms with van der Waals surface area (Å²) in [6.07, 6.45) is 5.93. The summed E-state index contributed by atoms with van der Waals surface area (Å²) in [5.74, 6) is -0.139. The van der Waals surface area contributed by atoms with Gasteiger partial charge in [-0.3, -0.25) is 10.1 Å². The van der Waals surface area contributed by atoms with Gasteiger partial charge in [0.2, 0.25) is 5.95 Å². The first-order valence-corrected chi connectivity index (χ1v) is 13.6. The molecule has 1 saturated heterocycles. The van der Waals surface area contributed by atoms with Crippen molar-refractivity contribution in [2.45, 2.75) is 46.5 Å². The molecule has 1 aliphatic rings. The number of nitrogens with zero attached hydrogens (tertiary/aromatic N) is 5. The van der Waals surface area contributed by atoms with E-state index in [0.717, 1.165) is 32.6 Å². The van der Waals surface area contributed by atoms with E-state index in [1.54, 1.807) is 12.4 Å². The van der Waals surface area contributed by atoms with Crippen LogP contribution in [0.25, 0.3) is 21.3 Å². The second kappa shape index (κ2) is 11.7. The fraction of sp³-hybridized carbons (Fsp3) is 0.462. The van der Waals surface area contributed by atoms with E-state index in [1.807, 2.05) is 37.8 Å². The topological polar surface area (TPSA) is 142 Å². The molecule has 3 heterocycles. The Bertz CT molecular complexity index is 1330. The highest BCUT2D eigenvalue weighted by Gasteiger charge is 2.40. The van der Waals surface area contributed by atoms with Gasteiger partial charge in [-0.2, -0.15) is 0 Å². The Morgan fingerprint density at radius 3 is 2.45 bits per heavy atom. The molecule has 3 N–H and O–H groups in total. The summed E-state index contributed by atoms with van der Waals surface area (Å²) in [7, 11) is 1.51. The molecule has 202 valence electrons. The Hall–Kier alpha value is -3.80. The molecule has 4 rings (SSSR count). The minimum Gasteiger partial charge on any atom is -0.481 e. The predicted octanol–water partition coefficient (Wildman–Crippen LogP) is 4.74. The first-order chi connectivity index (χ1) is 18.3. The average molecular weight is 540 g/mol. The molecule has 11 nitrogen and oxygen atoms in total. The van der Waals surface area contributed by atoms with E-state index in [4.69, 9.17) is 4.84 Å². The molecule has 0 aliphatic carbocycles. The fourth-order valence-corrected chi connectivity index (χ4v) is 5.65. The molecule has 0 saturated carbocycles. The van der Waals surface area contributed by atoms with E-state index in [-0.39, 0.29) is 6.03 Å². The number of piperidine rings is 1. The van der Waals surface area contributed by atoms with Crippen molar-refractivity contribution in [3.05, 3.63) is 30.1 Å². The third-order valence-electron chi connectivity index (χ3n) is 7.00. The zero-order valence-corrected chi connectivity index (χ0v) is 22.9. The zero-order valence-electron chi connectivity index (χ0n) is 22.1. The highest BCUT2D eigenvalue weighted by molar-refractivity contribution is 7.22. The molecule has 1 fully saturated rings. The quantitative estimate of drug-likeness (QED) is 0.262. The van der Waals surface area contributed by atoms with E-state index >= 15 is 0 Å². The van der Waals surface area contributed by atoms with Gasteiger partial charge in [0, 0.05) is 43.2 Å². The molecule has 38 heavy (non-hydrogen) atoms. The third kappa shape index (κ3) is 5.54. The zero-order chi connectivity index (χ0) is 27.3. The Balaban J connectivity index is 1.64. The van der Waals surface area contributed by atoms with Crippen molar-refractivity contribution in [2.75, 3.05) is 37.0 Å². The van der Waals surface area contributed by atoms with Gasteiger partial charge in [-0.15, -0.1) is 0 Å². The summed E-state index contributed by atoms with van der Waals surface area (Å²) in [5.41, 5.74) is 3.35. The van der Waals surface area contributed by atoms with E-state index in [9.17, 15) is 14.7 Å². The van der Waals surface area contributed by atoms with Gasteiger partial charge in [-0.05, 0) is 50.3 Å². The summed E-state index contributed by atoms with van der Waals surface area (Å²) in [6.45, 7) is 7.50. The van der Waals surface area contributed by atoms with Crippen LogP contribution in [0, 0.1) is 5.41 Å². The summed E-state index contributed by atoms with van der Waals surface area (Å²) in [6, 6.07) is 3.65. The third-order valence-corrected chi connectivity index (χ3v) is 8.02. The second-order valence-corrected chi connectivity index (χ2v) is 10.1. The van der Waals surface area contributed by atoms with Crippen LogP contribution in [0.2, 0.25) is 0 Å². The highest BCUT2D eigenvalue weighted by Crippen LogP contribution is 2.37. The molecule has 12 heteroatoms. The number of benzene rings is 1. The van der Waals surface area contributed by atoms with Gasteiger partial charge in [0.25, 0.3) is 0 Å². The van der Waals surface area contributed by atoms with E-state index < -0.39 is 11.4 Å². The first kappa shape index (κ1) is 27.2. The Labute approximate surface area is 225 Å². The maximum Gasteiger partial charge on any atom is 0.321 e. The number of thiazole rings is 1. The molecule has 0 bridgehead atoms. The fourth-order valence-electron chi connectivity index (χ4n) is 4.67. The maximum absolute atomic E-state index is 12.1. The van der Waals surface area contributed by atoms with Crippen LogP contribution in [-0.2, 0) is 9.63 Å². The standard InChI is InChI=1S/C26H33N7O4S/c1-5-19(32-37-4)18-12-16(13-20-21(18)38-25(30-20)31-24(36)27-7-3)17-14-28-23(29-15-17)33-10-8-26(6-2,9-11-33)22(34)35/h12-15H,5-11H2,1-4H3,(H,34,35)(H2,27,30,31,36). The van der Waals surface area contributed by atoms with Crippen LogP contribution in [0.3, 0.4) is 0 Å². The lowest BCUT2D eigenvalue weighted by atomic mass is 9.76. The van der Waals surface area contributed by atoms with Crippen LogP contribution in [0.5, 0.6) is 0 Å². The number of carboxylic acid groups (broad SMARTS) is 1. The molecule has 2 amide bonds. The van der Waals surface area contributed by atoms with Crippen LogP contribution in [-0.4, -0.2) is 64.5 Å². The number of aromatic nitrogens is 3. The van der Waals surface area contributed by atoms with Crippen LogP contribution in [0.15, 0.2) is 29.7 Å². The number of aliphatic carboxylic acids is 1. The summed E-state index contributed by atoms with van der Waals surface area (Å²) < 4.78 is 0.891. The Morgan fingerprint density at radius 2 is 1.87 bits per heavy atom. The number of carbonyl (C=O) groups is 2. The number of nitrogens with one attached hydrogen (secondary N) is 2. The number of carboxylic acids is 1. The molecular formula is C26H33N7O4S. The van der Waals surface area contributed by atoms with Crippen molar-refractivity contribution in [1.29, 1.82) is 0 Å². The van der Waals surface area contributed by atoms with Gasteiger partial charge in [0.15, 0.2) is 5.13 Å². The number of urea groups is 1. The lowest BCUT2D eigenvalue weighted by Crippen LogP contribution is -2.44. The number of hydrogen-bond donors (Lipinski definition) is 3. The van der Waals surface area contributed by atoms with Crippen molar-refractivity contribution in [1.82, 2.24) is 20.3 Å². The lowest BCUT2D eigenvalue weighted by Gasteiger charge is -2.38. The normalized spacial score (nSPS) is 15.4. The smallest absolute Gasteiger partial charge is 0.321 e. The number of carbonyl (C=O) groups excluding carboxylic acids is 1. The molecular weight excluding hydrogens is 506 g/mol. The predicted molar refractivity (Wildman–Crippen MR) is 149 cm³/mol. The largest absolute Gasteiger partial charge is 0.481 e. The number of amides is 2. The van der Waals surface area contributed by atoms with Crippen molar-refractivity contribution >= 4 is 50.3 Å². The Morgan fingerprint density at radius 1 is 1.16 bits per heavy atom. The molecule has 3 aromatic rings. The van der Waals surface area contributed by atoms with Gasteiger partial charge >= 0.3 is 12.0 Å². The van der Waals surface area contributed by atoms with Crippen molar-refractivity contribution in [3.8, 4) is 11.1 Å². The van der Waals surface area contributed by atoms with E-state index in [0.29, 0.717) is 56.4 Å². The van der Waals surface area contributed by atoms with Crippen molar-refractivity contribution in [3.63, 3.8) is 0 Å². The maximum atomic E-state index is 12.1. The lowest BCUT2D eigenvalue weighted by molar-refractivity contribution is -0.150. The molecule has 0 unspecified atom stereocenters. The number of anilines is 2. The number of fused-ring (bicyclic) bond motifs is 1. The van der Waals surface area contributed by atoms with Gasteiger partial charge in [0.1, 0.15) is 7.11 Å². The van der Waals surface area contributed by atoms with Gasteiger partial charge in [-0.25, -0.2) is 19.7 Å². The van der Waals surface area contributed by atoms with Crippen LogP contribution < -0.4 is 15.5 Å². The van der Waals surface area contributed by atoms with Gasteiger partial charge < -0.3 is 20.2 Å². The number of rotatable bonds is 9. The average Bonchev–Trinajstić information content (AvgIpc) is 3.33. The van der Waals surface area contributed by atoms with Crippen LogP contribution in [0.1, 0.15) is 52.0 Å².